The van der Waals surface area contributed by atoms with E-state index in [0.29, 0.717) is 17.4 Å². The molecule has 0 spiro atoms. The van der Waals surface area contributed by atoms with E-state index in [9.17, 15) is 4.79 Å². The van der Waals surface area contributed by atoms with Gasteiger partial charge in [-0.25, -0.2) is 0 Å². The van der Waals surface area contributed by atoms with Crippen molar-refractivity contribution < 1.29 is 9.53 Å². The fourth-order valence-electron chi connectivity index (χ4n) is 4.98. The average Bonchev–Trinajstić information content (AvgIpc) is 3.46. The summed E-state index contributed by atoms with van der Waals surface area (Å²) in [7, 11) is 0. The van der Waals surface area contributed by atoms with Crippen LogP contribution in [0.1, 0.15) is 108 Å². The molecule has 3 rings (SSSR count). The molecule has 1 amide bonds. The number of unbranched alkanes of at least 4 members (excludes halogenated alkanes) is 13. The van der Waals surface area contributed by atoms with Gasteiger partial charge in [-0.3, -0.25) is 4.79 Å². The van der Waals surface area contributed by atoms with Crippen molar-refractivity contribution in [2.45, 2.75) is 110 Å². The maximum Gasteiger partial charge on any atom is 0.228 e. The summed E-state index contributed by atoms with van der Waals surface area (Å²) in [6.07, 6.45) is 21.2. The molecule has 0 unspecified atom stereocenters. The number of anilines is 1. The number of carbonyl (C=O) groups is 1. The highest BCUT2D eigenvalue weighted by Crippen LogP contribution is 2.26. The summed E-state index contributed by atoms with van der Waals surface area (Å²) < 4.78 is 5.92. The minimum absolute atomic E-state index is 0. The predicted octanol–water partition coefficient (Wildman–Crippen LogP) is 10.9. The van der Waals surface area contributed by atoms with Crippen LogP contribution in [-0.4, -0.2) is 23.3 Å². The summed E-state index contributed by atoms with van der Waals surface area (Å²) in [5, 5.41) is 5.66. The van der Waals surface area contributed by atoms with Gasteiger partial charge in [-0.15, -0.1) is 28.7 Å². The number of halogens is 2. The number of nitrogens with one attached hydrogen (secondary N) is 1. The van der Waals surface area contributed by atoms with Crippen LogP contribution in [0.4, 0.5) is 5.69 Å². The summed E-state index contributed by atoms with van der Waals surface area (Å²) in [4.78, 5) is 14.8. The molecule has 0 aliphatic carbocycles. The van der Waals surface area contributed by atoms with Gasteiger partial charge in [0.05, 0.1) is 23.9 Å². The number of ether oxygens (including phenoxy) is 1. The number of hydrogen-bond acceptors (Lipinski definition) is 4. The second-order valence-corrected chi connectivity index (χ2v) is 12.2. The lowest BCUT2D eigenvalue weighted by Crippen LogP contribution is -2.15. The van der Waals surface area contributed by atoms with E-state index in [1.165, 1.54) is 89.0 Å². The van der Waals surface area contributed by atoms with E-state index in [2.05, 4.69) is 40.9 Å². The number of thioether (sulfide) groups is 1. The molecule has 0 saturated carbocycles. The van der Waals surface area contributed by atoms with Crippen LogP contribution in [0.15, 0.2) is 54.1 Å². The molecule has 228 valence electrons. The molecule has 1 heterocycles. The van der Waals surface area contributed by atoms with Crippen molar-refractivity contribution in [1.82, 2.24) is 4.90 Å². The van der Waals surface area contributed by atoms with Gasteiger partial charge in [-0.1, -0.05) is 120 Å². The molecule has 4 nitrogen and oxygen atoms in total. The van der Waals surface area contributed by atoms with Crippen LogP contribution >= 0.6 is 40.3 Å². The summed E-state index contributed by atoms with van der Waals surface area (Å²) >= 11 is 8.26. The zero-order chi connectivity index (χ0) is 28.3. The molecule has 41 heavy (non-hydrogen) atoms. The zero-order valence-electron chi connectivity index (χ0n) is 24.9. The van der Waals surface area contributed by atoms with Crippen LogP contribution < -0.4 is 10.1 Å². The molecule has 0 bridgehead atoms. The highest BCUT2D eigenvalue weighted by Gasteiger charge is 2.09. The smallest absolute Gasteiger partial charge is 0.228 e. The standard InChI is InChI=1S/C34H49ClN2O2S.BrH/c1-2-3-4-5-6-7-8-9-10-11-12-13-14-15-23-39-33-21-18-30(25-32(33)35)26-34(38)36-31-19-16-29(17-20-31)27-37-22-24-40-28-37;/h16-22,24-25H,2-15,23,26-28H2,1H3,(H,36,38);1H. The van der Waals surface area contributed by atoms with Crippen molar-refractivity contribution in [3.05, 3.63) is 70.2 Å². The van der Waals surface area contributed by atoms with E-state index in [0.717, 1.165) is 30.1 Å². The molecular formula is C34H50BrClN2O2S. The lowest BCUT2D eigenvalue weighted by molar-refractivity contribution is -0.115. The minimum Gasteiger partial charge on any atom is -0.492 e. The predicted molar refractivity (Wildman–Crippen MR) is 183 cm³/mol. The lowest BCUT2D eigenvalue weighted by Gasteiger charge is -2.15. The Morgan fingerprint density at radius 1 is 0.854 bits per heavy atom. The Labute approximate surface area is 268 Å². The Morgan fingerprint density at radius 3 is 2.00 bits per heavy atom. The van der Waals surface area contributed by atoms with Crippen LogP contribution in [0.2, 0.25) is 5.02 Å². The molecule has 2 aromatic carbocycles. The molecule has 0 saturated heterocycles. The Morgan fingerprint density at radius 2 is 1.44 bits per heavy atom. The van der Waals surface area contributed by atoms with E-state index in [1.54, 1.807) is 11.8 Å². The fraction of sp³-hybridized carbons (Fsp3) is 0.559. The normalized spacial score (nSPS) is 12.4. The molecule has 0 fully saturated rings. The number of nitrogens with zero attached hydrogens (tertiary/aromatic N) is 1. The number of hydrogen-bond donors (Lipinski definition) is 1. The maximum atomic E-state index is 12.6. The van der Waals surface area contributed by atoms with E-state index >= 15 is 0 Å². The quantitative estimate of drug-likeness (QED) is 0.135. The first-order chi connectivity index (χ1) is 19.6. The molecule has 1 aliphatic heterocycles. The highest BCUT2D eigenvalue weighted by molar-refractivity contribution is 8.93. The van der Waals surface area contributed by atoms with Gasteiger partial charge in [-0.05, 0) is 47.2 Å². The van der Waals surface area contributed by atoms with E-state index < -0.39 is 0 Å². The molecule has 0 atom stereocenters. The van der Waals surface area contributed by atoms with Gasteiger partial charge in [0.25, 0.3) is 0 Å². The van der Waals surface area contributed by atoms with Gasteiger partial charge in [0.1, 0.15) is 5.75 Å². The Bertz CT molecular complexity index is 1020. The number of rotatable bonds is 21. The van der Waals surface area contributed by atoms with Crippen LogP contribution in [0.25, 0.3) is 0 Å². The Kier molecular flexibility index (Phi) is 19.1. The van der Waals surface area contributed by atoms with Crippen molar-refractivity contribution in [3.8, 4) is 5.75 Å². The van der Waals surface area contributed by atoms with Crippen molar-refractivity contribution in [3.63, 3.8) is 0 Å². The summed E-state index contributed by atoms with van der Waals surface area (Å²) in [6, 6.07) is 13.7. The van der Waals surface area contributed by atoms with Gasteiger partial charge in [0.15, 0.2) is 0 Å². The van der Waals surface area contributed by atoms with Crippen molar-refractivity contribution >= 4 is 51.9 Å². The molecule has 0 radical (unpaired) electrons. The summed E-state index contributed by atoms with van der Waals surface area (Å²) in [6.45, 7) is 3.84. The van der Waals surface area contributed by atoms with Gasteiger partial charge < -0.3 is 15.0 Å². The van der Waals surface area contributed by atoms with Crippen molar-refractivity contribution in [2.75, 3.05) is 17.8 Å². The molecule has 0 aromatic heterocycles. The first kappa shape index (κ1) is 35.6. The first-order valence-electron chi connectivity index (χ1n) is 15.5. The second kappa shape index (κ2) is 22.0. The lowest BCUT2D eigenvalue weighted by atomic mass is 10.0. The molecular weight excluding hydrogens is 616 g/mol. The Hall–Kier alpha value is -1.63. The van der Waals surface area contributed by atoms with Crippen LogP contribution in [0, 0.1) is 0 Å². The largest absolute Gasteiger partial charge is 0.492 e. The fourth-order valence-corrected chi connectivity index (χ4v) is 5.95. The van der Waals surface area contributed by atoms with Crippen LogP contribution in [0.3, 0.4) is 0 Å². The number of amides is 1. The number of benzene rings is 2. The van der Waals surface area contributed by atoms with Gasteiger partial charge in [0.2, 0.25) is 5.91 Å². The highest BCUT2D eigenvalue weighted by atomic mass is 79.9. The maximum absolute atomic E-state index is 12.6. The zero-order valence-corrected chi connectivity index (χ0v) is 28.2. The summed E-state index contributed by atoms with van der Waals surface area (Å²) in [5.74, 6) is 1.63. The molecule has 1 aliphatic rings. The average molecular weight is 666 g/mol. The minimum atomic E-state index is -0.0567. The third-order valence-electron chi connectivity index (χ3n) is 7.35. The monoisotopic (exact) mass is 664 g/mol. The third-order valence-corrected chi connectivity index (χ3v) is 8.44. The molecule has 1 N–H and O–H groups in total. The molecule has 2 aromatic rings. The summed E-state index contributed by atoms with van der Waals surface area (Å²) in [5.41, 5.74) is 2.90. The van der Waals surface area contributed by atoms with Crippen LogP contribution in [-0.2, 0) is 17.8 Å². The van der Waals surface area contributed by atoms with E-state index in [4.69, 9.17) is 16.3 Å². The molecule has 7 heteroatoms. The Balaban J connectivity index is 0.00000588. The van der Waals surface area contributed by atoms with Gasteiger partial charge in [0, 0.05) is 18.4 Å². The van der Waals surface area contributed by atoms with Gasteiger partial charge >= 0.3 is 0 Å². The van der Waals surface area contributed by atoms with E-state index in [-0.39, 0.29) is 29.3 Å². The van der Waals surface area contributed by atoms with Crippen LogP contribution in [0.5, 0.6) is 5.75 Å². The topological polar surface area (TPSA) is 41.6 Å². The third kappa shape index (κ3) is 15.4. The van der Waals surface area contributed by atoms with E-state index in [1.807, 2.05) is 30.3 Å². The van der Waals surface area contributed by atoms with Gasteiger partial charge in [-0.2, -0.15) is 0 Å². The SMILES string of the molecule is Br.CCCCCCCCCCCCCCCCOc1ccc(CC(=O)Nc2ccc(CN3C=CSC3)cc2)cc1Cl. The van der Waals surface area contributed by atoms with Crippen molar-refractivity contribution in [2.24, 2.45) is 0 Å². The second-order valence-electron chi connectivity index (χ2n) is 11.0. The first-order valence-corrected chi connectivity index (χ1v) is 16.9. The number of carbonyl (C=O) groups excluding carboxylic acids is 1. The van der Waals surface area contributed by atoms with Crippen molar-refractivity contribution in [1.29, 1.82) is 0 Å².